The van der Waals surface area contributed by atoms with Crippen molar-refractivity contribution in [2.24, 2.45) is 5.92 Å². The Hall–Kier alpha value is -1.51. The molecule has 0 aliphatic carbocycles. The van der Waals surface area contributed by atoms with Crippen LogP contribution in [0.1, 0.15) is 31.7 Å². The summed E-state index contributed by atoms with van der Waals surface area (Å²) in [6, 6.07) is 5.39. The van der Waals surface area contributed by atoms with Gasteiger partial charge in [-0.3, -0.25) is 4.79 Å². The molecule has 0 saturated heterocycles. The number of hydrogen-bond acceptors (Lipinski definition) is 2. The van der Waals surface area contributed by atoms with Gasteiger partial charge in [0.15, 0.2) is 0 Å². The van der Waals surface area contributed by atoms with Crippen LogP contribution in [0.25, 0.3) is 0 Å². The minimum absolute atomic E-state index is 0.0439. The summed E-state index contributed by atoms with van der Waals surface area (Å²) in [5.41, 5.74) is 1.64. The van der Waals surface area contributed by atoms with Crippen molar-refractivity contribution in [1.82, 2.24) is 0 Å². The third kappa shape index (κ3) is 2.03. The van der Waals surface area contributed by atoms with Crippen LogP contribution >= 0.6 is 0 Å². The molecular formula is C13H17NO2. The monoisotopic (exact) mass is 219 g/mol. The van der Waals surface area contributed by atoms with Crippen molar-refractivity contribution < 1.29 is 9.90 Å². The summed E-state index contributed by atoms with van der Waals surface area (Å²) in [5, 5.41) is 12.4. The number of unbranched alkanes of at least 4 members (excludes halogenated alkanes) is 1. The molecule has 1 atom stereocenters. The Morgan fingerprint density at radius 1 is 1.50 bits per heavy atom. The van der Waals surface area contributed by atoms with Gasteiger partial charge < -0.3 is 10.4 Å². The van der Waals surface area contributed by atoms with Gasteiger partial charge in [-0.2, -0.15) is 0 Å². The molecule has 0 bridgehead atoms. The fourth-order valence-electron chi connectivity index (χ4n) is 2.17. The number of para-hydroxylation sites is 1. The number of hydrogen-bond donors (Lipinski definition) is 2. The number of nitrogens with one attached hydrogen (secondary N) is 1. The first-order valence-electron chi connectivity index (χ1n) is 5.84. The van der Waals surface area contributed by atoms with Crippen molar-refractivity contribution in [2.75, 3.05) is 5.32 Å². The van der Waals surface area contributed by atoms with Gasteiger partial charge in [-0.15, -0.1) is 0 Å². The summed E-state index contributed by atoms with van der Waals surface area (Å²) >= 11 is 0. The van der Waals surface area contributed by atoms with Crippen LogP contribution in [-0.4, -0.2) is 11.0 Å². The van der Waals surface area contributed by atoms with Crippen molar-refractivity contribution in [3.63, 3.8) is 0 Å². The van der Waals surface area contributed by atoms with E-state index in [1.165, 1.54) is 0 Å². The second-order valence-corrected chi connectivity index (χ2v) is 4.34. The van der Waals surface area contributed by atoms with Gasteiger partial charge in [0, 0.05) is 5.92 Å². The van der Waals surface area contributed by atoms with Crippen molar-refractivity contribution in [2.45, 2.75) is 32.6 Å². The second-order valence-electron chi connectivity index (χ2n) is 4.34. The molecule has 0 fully saturated rings. The highest BCUT2D eigenvalue weighted by Gasteiger charge is 2.26. The lowest BCUT2D eigenvalue weighted by Gasteiger charge is -2.25. The first-order chi connectivity index (χ1) is 7.72. The van der Waals surface area contributed by atoms with E-state index in [1.54, 1.807) is 6.07 Å². The Morgan fingerprint density at radius 3 is 3.06 bits per heavy atom. The number of aromatic hydroxyl groups is 1. The normalized spacial score (nSPS) is 19.1. The van der Waals surface area contributed by atoms with Gasteiger partial charge in [-0.05, 0) is 24.5 Å². The van der Waals surface area contributed by atoms with E-state index in [1.807, 2.05) is 12.1 Å². The lowest BCUT2D eigenvalue weighted by Crippen LogP contribution is -2.29. The molecule has 0 spiro atoms. The Labute approximate surface area is 95.5 Å². The Morgan fingerprint density at radius 2 is 2.31 bits per heavy atom. The predicted molar refractivity (Wildman–Crippen MR) is 63.5 cm³/mol. The quantitative estimate of drug-likeness (QED) is 0.768. The maximum atomic E-state index is 11.8. The van der Waals surface area contributed by atoms with Crippen molar-refractivity contribution in [3.05, 3.63) is 23.8 Å². The zero-order valence-corrected chi connectivity index (χ0v) is 9.49. The van der Waals surface area contributed by atoms with Crippen molar-refractivity contribution in [1.29, 1.82) is 0 Å². The third-order valence-corrected chi connectivity index (χ3v) is 3.12. The lowest BCUT2D eigenvalue weighted by atomic mass is 9.89. The molecule has 16 heavy (non-hydrogen) atoms. The average molecular weight is 219 g/mol. The molecular weight excluding hydrogens is 202 g/mol. The summed E-state index contributed by atoms with van der Waals surface area (Å²) < 4.78 is 0. The molecule has 3 heteroatoms. The van der Waals surface area contributed by atoms with Gasteiger partial charge in [-0.1, -0.05) is 31.9 Å². The zero-order chi connectivity index (χ0) is 11.5. The van der Waals surface area contributed by atoms with E-state index in [0.29, 0.717) is 5.69 Å². The van der Waals surface area contributed by atoms with E-state index in [-0.39, 0.29) is 17.6 Å². The molecule has 1 aliphatic rings. The van der Waals surface area contributed by atoms with E-state index in [4.69, 9.17) is 0 Å². The summed E-state index contributed by atoms with van der Waals surface area (Å²) in [4.78, 5) is 11.8. The number of fused-ring (bicyclic) bond motifs is 1. The van der Waals surface area contributed by atoms with Gasteiger partial charge >= 0.3 is 0 Å². The summed E-state index contributed by atoms with van der Waals surface area (Å²) in [6.45, 7) is 2.13. The summed E-state index contributed by atoms with van der Waals surface area (Å²) in [5.74, 6) is 0.275. The van der Waals surface area contributed by atoms with E-state index >= 15 is 0 Å². The molecule has 1 aromatic carbocycles. The highest BCUT2D eigenvalue weighted by molar-refractivity contribution is 5.97. The highest BCUT2D eigenvalue weighted by atomic mass is 16.3. The van der Waals surface area contributed by atoms with Crippen LogP contribution in [0.3, 0.4) is 0 Å². The van der Waals surface area contributed by atoms with E-state index in [2.05, 4.69) is 12.2 Å². The van der Waals surface area contributed by atoms with Gasteiger partial charge in [-0.25, -0.2) is 0 Å². The number of phenols is 1. The molecule has 1 unspecified atom stereocenters. The number of carbonyl (C=O) groups excluding carboxylic acids is 1. The van der Waals surface area contributed by atoms with Gasteiger partial charge in [0.25, 0.3) is 0 Å². The first-order valence-corrected chi connectivity index (χ1v) is 5.84. The molecule has 1 amide bonds. The SMILES string of the molecule is CCCCC1Cc2cccc(O)c2NC1=O. The minimum atomic E-state index is 0.0439. The lowest BCUT2D eigenvalue weighted by molar-refractivity contribution is -0.120. The van der Waals surface area contributed by atoms with Crippen LogP contribution < -0.4 is 5.32 Å². The largest absolute Gasteiger partial charge is 0.506 e. The standard InChI is InChI=1S/C13H17NO2/c1-2-3-5-10-8-9-6-4-7-11(15)12(9)14-13(10)16/h4,6-7,10,15H,2-3,5,8H2,1H3,(H,14,16). The summed E-state index contributed by atoms with van der Waals surface area (Å²) in [6.07, 6.45) is 3.86. The Balaban J connectivity index is 2.19. The van der Waals surface area contributed by atoms with Gasteiger partial charge in [0.1, 0.15) is 5.75 Å². The molecule has 3 nitrogen and oxygen atoms in total. The second kappa shape index (κ2) is 4.56. The molecule has 1 heterocycles. The molecule has 2 N–H and O–H groups in total. The number of amides is 1. The number of carbonyl (C=O) groups is 1. The number of phenolic OH excluding ortho intramolecular Hbond substituents is 1. The van der Waals surface area contributed by atoms with Crippen LogP contribution in [0.5, 0.6) is 5.75 Å². The smallest absolute Gasteiger partial charge is 0.227 e. The number of rotatable bonds is 3. The predicted octanol–water partition coefficient (Wildman–Crippen LogP) is 2.69. The first kappa shape index (κ1) is 11.0. The maximum Gasteiger partial charge on any atom is 0.227 e. The molecule has 0 saturated carbocycles. The Bertz CT molecular complexity index is 401. The molecule has 0 aromatic heterocycles. The van der Waals surface area contributed by atoms with Crippen LogP contribution in [0, 0.1) is 5.92 Å². The van der Waals surface area contributed by atoms with E-state index in [9.17, 15) is 9.90 Å². The van der Waals surface area contributed by atoms with Gasteiger partial charge in [0.2, 0.25) is 5.91 Å². The van der Waals surface area contributed by atoms with Crippen LogP contribution in [0.4, 0.5) is 5.69 Å². The number of anilines is 1. The topological polar surface area (TPSA) is 49.3 Å². The van der Waals surface area contributed by atoms with Crippen LogP contribution in [-0.2, 0) is 11.2 Å². The summed E-state index contributed by atoms with van der Waals surface area (Å²) in [7, 11) is 0. The van der Waals surface area contributed by atoms with E-state index < -0.39 is 0 Å². The average Bonchev–Trinajstić information content (AvgIpc) is 2.28. The molecule has 1 aromatic rings. The molecule has 1 aliphatic heterocycles. The molecule has 0 radical (unpaired) electrons. The highest BCUT2D eigenvalue weighted by Crippen LogP contribution is 2.34. The van der Waals surface area contributed by atoms with Crippen LogP contribution in [0.15, 0.2) is 18.2 Å². The number of benzene rings is 1. The minimum Gasteiger partial charge on any atom is -0.506 e. The molecule has 86 valence electrons. The third-order valence-electron chi connectivity index (χ3n) is 3.12. The molecule has 2 rings (SSSR count). The zero-order valence-electron chi connectivity index (χ0n) is 9.49. The van der Waals surface area contributed by atoms with Crippen LogP contribution in [0.2, 0.25) is 0 Å². The fourth-order valence-corrected chi connectivity index (χ4v) is 2.17. The van der Waals surface area contributed by atoms with Crippen molar-refractivity contribution >= 4 is 11.6 Å². The fraction of sp³-hybridized carbons (Fsp3) is 0.462. The maximum absolute atomic E-state index is 11.8. The van der Waals surface area contributed by atoms with Crippen molar-refractivity contribution in [3.8, 4) is 5.75 Å². The van der Waals surface area contributed by atoms with Gasteiger partial charge in [0.05, 0.1) is 5.69 Å². The Kier molecular flexibility index (Phi) is 3.13. The van der Waals surface area contributed by atoms with E-state index in [0.717, 1.165) is 31.2 Å².